The third-order valence-corrected chi connectivity index (χ3v) is 15.8. The molecule has 3 amide bonds. The SMILES string of the molecule is CC(C)(C)OC(=O)NCc1ccc(-c2ccccc2OC(F)(F)F)cc1.CC(C)(C)OC(=O)NCc1ccc(Br)cc1.CC1(C)O[C@@H](C(=O)O)[C@H](C(=O)N2CCC[C@@H]2c2cccc(Cl)c2)O1.Cl.NCc1ccc(-c2ccccc2OC(F)(F)F)cc1.NCc1ccc(Br)cc1.OB(O)c1ccccc1OC(F)(F)F. The van der Waals surface area contributed by atoms with Crippen LogP contribution in [0.5, 0.6) is 17.2 Å². The first-order valence-corrected chi connectivity index (χ1v) is 34.9. The Hall–Kier alpha value is -8.63. The van der Waals surface area contributed by atoms with Crippen molar-refractivity contribution >= 4 is 92.5 Å². The summed E-state index contributed by atoms with van der Waals surface area (Å²) in [4.78, 5) is 49.0. The van der Waals surface area contributed by atoms with E-state index in [0.29, 0.717) is 53.5 Å². The summed E-state index contributed by atoms with van der Waals surface area (Å²) in [5, 5.41) is 32.7. The van der Waals surface area contributed by atoms with E-state index in [0.717, 1.165) is 56.2 Å². The molecule has 9 N–H and O–H groups in total. The molecule has 2 saturated heterocycles. The van der Waals surface area contributed by atoms with Gasteiger partial charge in [0, 0.05) is 63.3 Å². The second-order valence-corrected chi connectivity index (χ2v) is 28.1. The molecular formula is C76H83BBr2Cl2F9N5O14. The van der Waals surface area contributed by atoms with Gasteiger partial charge in [0.15, 0.2) is 18.0 Å². The molecular weight excluding hydrogens is 1620 g/mol. The highest BCUT2D eigenvalue weighted by atomic mass is 79.9. The van der Waals surface area contributed by atoms with Gasteiger partial charge in [0.1, 0.15) is 28.5 Å². The van der Waals surface area contributed by atoms with E-state index in [4.69, 9.17) is 52.1 Å². The molecule has 109 heavy (non-hydrogen) atoms. The number of likely N-dealkylation sites (tertiary alicyclic amines) is 1. The van der Waals surface area contributed by atoms with Gasteiger partial charge < -0.3 is 75.3 Å². The van der Waals surface area contributed by atoms with Crippen LogP contribution >= 0.6 is 55.9 Å². The molecule has 19 nitrogen and oxygen atoms in total. The summed E-state index contributed by atoms with van der Waals surface area (Å²) in [7, 11) is -1.99. The van der Waals surface area contributed by atoms with Crippen LogP contribution in [0.1, 0.15) is 102 Å². The number of nitrogens with two attached hydrogens (primary N) is 2. The molecule has 33 heteroatoms. The molecule has 8 aromatic carbocycles. The quantitative estimate of drug-likeness (QED) is 0.0371. The van der Waals surface area contributed by atoms with Gasteiger partial charge in [-0.2, -0.15) is 0 Å². The fourth-order valence-corrected chi connectivity index (χ4v) is 10.7. The first-order valence-electron chi connectivity index (χ1n) is 33.0. The number of nitrogens with one attached hydrogen (secondary N) is 2. The molecule has 0 bridgehead atoms. The topological polar surface area (TPSA) is 273 Å². The molecule has 590 valence electrons. The van der Waals surface area contributed by atoms with Crippen molar-refractivity contribution in [2.45, 2.75) is 149 Å². The standard InChI is InChI=1S/C19H20F3NO3.C17H20ClNO5.C14H12F3NO.C12H16BrNO2.C7H6BF3O3.C7H8BrN.ClH/c1-18(2,3)26-17(24)23-12-13-8-10-14(11-9-13)15-6-4-5-7-16(15)25-19(20,21)22;1-17(2)23-13(14(24-17)16(21)22)15(20)19-8-4-7-12(19)10-5-3-6-11(18)9-10;15-14(16,17)19-13-4-2-1-3-12(13)11-7-5-10(9-18)6-8-11;1-12(2,3)16-11(15)14-8-9-4-6-10(13)7-5-9;9-7(10,11)14-6-4-2-1-3-5(6)8(12)13;8-7-3-1-6(5-9)2-4-7;/h4-11H,12H2,1-3H3,(H,23,24);3,5-6,9,12-14H,4,7-8H2,1-2H3,(H,21,22);1-8H,9,18H2;4-7H,8H2,1-3H3,(H,14,15);1-4,12-13H;1-4H,5,9H2;1H/t;12-,13-,14-;;;;;/m.1...../s1. The number of nitrogens with zero attached hydrogens (tertiary/aromatic N) is 1. The van der Waals surface area contributed by atoms with Crippen molar-refractivity contribution in [1.82, 2.24) is 15.5 Å². The van der Waals surface area contributed by atoms with E-state index >= 15 is 0 Å². The lowest BCUT2D eigenvalue weighted by atomic mass is 9.80. The van der Waals surface area contributed by atoms with Crippen LogP contribution in [-0.2, 0) is 54.7 Å². The summed E-state index contributed by atoms with van der Waals surface area (Å²) in [6, 6.07) is 53.6. The molecule has 3 atom stereocenters. The van der Waals surface area contributed by atoms with Gasteiger partial charge in [0.05, 0.1) is 6.04 Å². The molecule has 8 aromatic rings. The Morgan fingerprint density at radius 2 is 0.927 bits per heavy atom. The fourth-order valence-electron chi connectivity index (χ4n) is 9.95. The first-order chi connectivity index (χ1) is 50.4. The van der Waals surface area contributed by atoms with Crippen LogP contribution < -0.4 is 41.8 Å². The second kappa shape index (κ2) is 42.5. The van der Waals surface area contributed by atoms with Crippen LogP contribution in [0.2, 0.25) is 5.02 Å². The molecule has 2 aliphatic heterocycles. The largest absolute Gasteiger partial charge is 0.573 e. The van der Waals surface area contributed by atoms with Crippen LogP contribution in [0.15, 0.2) is 203 Å². The van der Waals surface area contributed by atoms with Crippen molar-refractivity contribution in [3.8, 4) is 39.5 Å². The number of carboxylic acids is 1. The van der Waals surface area contributed by atoms with Gasteiger partial charge in [-0.25, -0.2) is 14.4 Å². The Morgan fingerprint density at radius 1 is 0.550 bits per heavy atom. The van der Waals surface area contributed by atoms with Crippen molar-refractivity contribution < 1.29 is 107 Å². The second-order valence-electron chi connectivity index (χ2n) is 25.9. The zero-order valence-electron chi connectivity index (χ0n) is 60.1. The van der Waals surface area contributed by atoms with Crippen molar-refractivity contribution in [2.75, 3.05) is 6.54 Å². The lowest BCUT2D eigenvalue weighted by molar-refractivity contribution is -0.275. The number of alkyl carbamates (subject to hydrolysis) is 2. The number of carbonyl (C=O) groups excluding carboxylic acids is 3. The summed E-state index contributed by atoms with van der Waals surface area (Å²) in [5.41, 5.74) is 16.3. The van der Waals surface area contributed by atoms with Gasteiger partial charge in [0.2, 0.25) is 0 Å². The molecule has 2 fully saturated rings. The van der Waals surface area contributed by atoms with E-state index in [1.807, 2.05) is 87.5 Å². The number of amides is 3. The van der Waals surface area contributed by atoms with Gasteiger partial charge in [0.25, 0.3) is 5.91 Å². The molecule has 10 rings (SSSR count). The molecule has 2 aliphatic rings. The first kappa shape index (κ1) is 92.8. The summed E-state index contributed by atoms with van der Waals surface area (Å²) in [6.45, 7) is 16.3. The number of alkyl halides is 9. The number of halogens is 13. The highest BCUT2D eigenvalue weighted by Crippen LogP contribution is 2.39. The number of carboxylic acid groups (broad SMARTS) is 1. The molecule has 0 radical (unpaired) electrons. The number of ether oxygens (including phenoxy) is 7. The molecule has 0 spiro atoms. The highest BCUT2D eigenvalue weighted by Gasteiger charge is 2.51. The summed E-state index contributed by atoms with van der Waals surface area (Å²) in [5.74, 6) is -3.74. The molecule has 0 aliphatic carbocycles. The Labute approximate surface area is 653 Å². The summed E-state index contributed by atoms with van der Waals surface area (Å²) >= 11 is 12.7. The maximum Gasteiger partial charge on any atom is 0.573 e. The number of carbonyl (C=O) groups is 4. The van der Waals surface area contributed by atoms with Gasteiger partial charge in [-0.3, -0.25) is 4.79 Å². The lowest BCUT2D eigenvalue weighted by Gasteiger charge is -2.28. The molecule has 0 saturated carbocycles. The molecule has 0 unspecified atom stereocenters. The molecule has 2 heterocycles. The number of rotatable bonds is 15. The predicted octanol–water partition coefficient (Wildman–Crippen LogP) is 17.7. The van der Waals surface area contributed by atoms with Crippen molar-refractivity contribution in [2.24, 2.45) is 11.5 Å². The average molecular weight is 1700 g/mol. The minimum Gasteiger partial charge on any atom is -0.479 e. The van der Waals surface area contributed by atoms with Gasteiger partial charge in [-0.1, -0.05) is 183 Å². The summed E-state index contributed by atoms with van der Waals surface area (Å²) < 4.78 is 145. The summed E-state index contributed by atoms with van der Waals surface area (Å²) in [6.07, 6.45) is -16.0. The Kier molecular flexibility index (Phi) is 36.2. The molecule has 0 aromatic heterocycles. The van der Waals surface area contributed by atoms with Crippen molar-refractivity contribution in [1.29, 1.82) is 0 Å². The predicted molar refractivity (Wildman–Crippen MR) is 404 cm³/mol. The highest BCUT2D eigenvalue weighted by molar-refractivity contribution is 9.10. The maximum atomic E-state index is 12.9. The van der Waals surface area contributed by atoms with E-state index in [1.54, 1.807) is 118 Å². The maximum absolute atomic E-state index is 12.9. The van der Waals surface area contributed by atoms with Gasteiger partial charge >= 0.3 is 44.4 Å². The fraction of sp³-hybridized carbons (Fsp3) is 0.316. The number of benzene rings is 8. The van der Waals surface area contributed by atoms with E-state index in [2.05, 4.69) is 56.7 Å². The monoisotopic (exact) mass is 1700 g/mol. The average Bonchev–Trinajstić information content (AvgIpc) is 1.64. The zero-order valence-corrected chi connectivity index (χ0v) is 64.9. The number of para-hydroxylation sites is 3. The van der Waals surface area contributed by atoms with E-state index in [-0.39, 0.29) is 47.9 Å². The van der Waals surface area contributed by atoms with Crippen molar-refractivity contribution in [3.63, 3.8) is 0 Å². The number of hydrogen-bond acceptors (Lipinski definition) is 15. The van der Waals surface area contributed by atoms with Crippen LogP contribution in [0.25, 0.3) is 22.3 Å². The van der Waals surface area contributed by atoms with Crippen LogP contribution in [0, 0.1) is 0 Å². The Balaban J connectivity index is 0.000000283. The van der Waals surface area contributed by atoms with Crippen molar-refractivity contribution in [3.05, 3.63) is 236 Å². The minimum atomic E-state index is -4.84. The van der Waals surface area contributed by atoms with Gasteiger partial charge in [-0.05, 0) is 162 Å². The van der Waals surface area contributed by atoms with E-state index in [1.165, 1.54) is 42.0 Å². The zero-order chi connectivity index (χ0) is 80.4. The van der Waals surface area contributed by atoms with Crippen LogP contribution in [0.3, 0.4) is 0 Å². The Bertz CT molecular complexity index is 4160. The third-order valence-electron chi connectivity index (χ3n) is 14.5. The van der Waals surface area contributed by atoms with Crippen LogP contribution in [0.4, 0.5) is 49.1 Å². The van der Waals surface area contributed by atoms with E-state index < -0.39 is 79.3 Å². The van der Waals surface area contributed by atoms with Gasteiger partial charge in [-0.15, -0.1) is 51.9 Å². The van der Waals surface area contributed by atoms with E-state index in [9.17, 15) is 63.8 Å². The Morgan fingerprint density at radius 3 is 1.32 bits per heavy atom. The smallest absolute Gasteiger partial charge is 0.479 e. The van der Waals surface area contributed by atoms with Crippen LogP contribution in [-0.4, -0.2) is 106 Å². The number of hydrogen-bond donors (Lipinski definition) is 7. The third kappa shape index (κ3) is 34.5. The normalized spacial score (nSPS) is 15.0. The lowest BCUT2D eigenvalue weighted by Crippen LogP contribution is -2.46. The number of aliphatic carboxylic acids is 1. The minimum absolute atomic E-state index is 0.